The number of allylic oxidation sites excluding steroid dienone is 1. The van der Waals surface area contributed by atoms with Crippen molar-refractivity contribution in [2.45, 2.75) is 130 Å². The monoisotopic (exact) mass is 442 g/mol. The van der Waals surface area contributed by atoms with Crippen molar-refractivity contribution in [3.63, 3.8) is 0 Å². The van der Waals surface area contributed by atoms with E-state index in [1.807, 2.05) is 0 Å². The highest BCUT2D eigenvalue weighted by atomic mass is 16.6. The van der Waals surface area contributed by atoms with Gasteiger partial charge in [0.1, 0.15) is 0 Å². The average Bonchev–Trinajstić information content (AvgIpc) is 3.15. The van der Waals surface area contributed by atoms with Crippen molar-refractivity contribution in [3.05, 3.63) is 12.2 Å². The third-order valence-corrected chi connectivity index (χ3v) is 12.8. The minimum Gasteiger partial charge on any atom is -0.393 e. The van der Waals surface area contributed by atoms with Crippen LogP contribution in [0.1, 0.15) is 113 Å². The Morgan fingerprint density at radius 2 is 1.50 bits per heavy atom. The van der Waals surface area contributed by atoms with Crippen LogP contribution in [0.25, 0.3) is 0 Å². The number of rotatable bonds is 4. The van der Waals surface area contributed by atoms with Gasteiger partial charge in [0, 0.05) is 0 Å². The number of aliphatic hydroxyl groups is 1. The Labute approximate surface area is 198 Å². The lowest BCUT2D eigenvalue weighted by Gasteiger charge is -2.69. The summed E-state index contributed by atoms with van der Waals surface area (Å²) in [4.78, 5) is 0. The first-order chi connectivity index (χ1) is 14.8. The first-order valence-corrected chi connectivity index (χ1v) is 13.8. The summed E-state index contributed by atoms with van der Waals surface area (Å²) in [5.41, 5.74) is 2.92. The van der Waals surface area contributed by atoms with Crippen LogP contribution in [0.15, 0.2) is 12.2 Å². The topological polar surface area (TPSA) is 32.8 Å². The number of aliphatic hydroxyl groups excluding tert-OH is 1. The lowest BCUT2D eigenvalue weighted by atomic mass is 9.35. The van der Waals surface area contributed by atoms with Crippen molar-refractivity contribution in [3.8, 4) is 0 Å². The van der Waals surface area contributed by atoms with Gasteiger partial charge in [0.25, 0.3) is 0 Å². The molecule has 0 radical (unpaired) electrons. The summed E-state index contributed by atoms with van der Waals surface area (Å²) in [5.74, 6) is 2.99. The van der Waals surface area contributed by atoms with Gasteiger partial charge in [-0.1, -0.05) is 46.8 Å². The molecule has 4 saturated carbocycles. The third-order valence-electron chi connectivity index (χ3n) is 12.8. The summed E-state index contributed by atoms with van der Waals surface area (Å²) >= 11 is 0. The molecule has 0 aromatic carbocycles. The quantitative estimate of drug-likeness (QED) is 0.360. The fourth-order valence-corrected chi connectivity index (χ4v) is 10.5. The Bertz CT molecular complexity index is 782. The average molecular weight is 443 g/mol. The number of hydrogen-bond acceptors (Lipinski definition) is 2. The molecule has 4 aliphatic carbocycles. The van der Waals surface area contributed by atoms with Crippen molar-refractivity contribution in [2.24, 2.45) is 45.3 Å². The van der Waals surface area contributed by atoms with E-state index >= 15 is 0 Å². The van der Waals surface area contributed by atoms with Gasteiger partial charge in [0.05, 0.1) is 17.8 Å². The molecule has 1 N–H and O–H groups in total. The predicted octanol–water partition coefficient (Wildman–Crippen LogP) is 7.55. The Kier molecular flexibility index (Phi) is 5.19. The minimum atomic E-state index is -0.128. The first-order valence-electron chi connectivity index (χ1n) is 13.8. The van der Waals surface area contributed by atoms with E-state index in [2.05, 4.69) is 55.0 Å². The Hall–Kier alpha value is -0.340. The zero-order valence-electron chi connectivity index (χ0n) is 22.1. The van der Waals surface area contributed by atoms with Crippen molar-refractivity contribution < 1.29 is 9.84 Å². The van der Waals surface area contributed by atoms with Gasteiger partial charge in [0.2, 0.25) is 0 Å². The summed E-state index contributed by atoms with van der Waals surface area (Å²) in [5, 5.41) is 10.9. The highest BCUT2D eigenvalue weighted by molar-refractivity contribution is 5.20. The van der Waals surface area contributed by atoms with Crippen LogP contribution >= 0.6 is 0 Å². The molecule has 32 heavy (non-hydrogen) atoms. The zero-order valence-corrected chi connectivity index (χ0v) is 22.1. The van der Waals surface area contributed by atoms with Crippen molar-refractivity contribution >= 4 is 0 Å². The van der Waals surface area contributed by atoms with E-state index in [1.54, 1.807) is 0 Å². The Morgan fingerprint density at radius 1 is 0.844 bits per heavy atom. The third kappa shape index (κ3) is 3.03. The first kappa shape index (κ1) is 23.4. The second-order valence-electron chi connectivity index (χ2n) is 14.6. The Morgan fingerprint density at radius 3 is 2.16 bits per heavy atom. The van der Waals surface area contributed by atoms with Gasteiger partial charge in [-0.3, -0.25) is 0 Å². The predicted molar refractivity (Wildman–Crippen MR) is 132 cm³/mol. The fraction of sp³-hybridized carbons (Fsp3) is 0.933. The van der Waals surface area contributed by atoms with E-state index in [1.165, 1.54) is 50.5 Å². The van der Waals surface area contributed by atoms with Gasteiger partial charge in [-0.05, 0) is 123 Å². The molecule has 5 aliphatic rings. The van der Waals surface area contributed by atoms with Crippen LogP contribution in [-0.2, 0) is 4.74 Å². The SMILES string of the molecule is C=C(CC[C@@H]1OC1(C)C)[C@H]1CC[C@]2(C)[C@@H]1CC[C@H]1[C@@]3(C)CC[C@H](O)C(C)(C)[C@@H]3CC[C@]12C. The number of ether oxygens (including phenoxy) is 1. The van der Waals surface area contributed by atoms with E-state index in [9.17, 15) is 5.11 Å². The van der Waals surface area contributed by atoms with E-state index in [4.69, 9.17) is 4.74 Å². The van der Waals surface area contributed by atoms with Crippen LogP contribution in [0.3, 0.4) is 0 Å². The highest BCUT2D eigenvalue weighted by Gasteiger charge is 2.68. The van der Waals surface area contributed by atoms with Gasteiger partial charge in [-0.25, -0.2) is 0 Å². The van der Waals surface area contributed by atoms with Crippen molar-refractivity contribution in [2.75, 3.05) is 0 Å². The van der Waals surface area contributed by atoms with Crippen molar-refractivity contribution in [1.82, 2.24) is 0 Å². The highest BCUT2D eigenvalue weighted by Crippen LogP contribution is 2.75. The van der Waals surface area contributed by atoms with Crippen LogP contribution in [-0.4, -0.2) is 22.9 Å². The molecule has 5 fully saturated rings. The van der Waals surface area contributed by atoms with E-state index in [0.29, 0.717) is 28.3 Å². The lowest BCUT2D eigenvalue weighted by Crippen LogP contribution is -2.63. The molecule has 2 heteroatoms. The molecule has 0 aromatic heterocycles. The molecule has 1 heterocycles. The molecule has 0 bridgehead atoms. The fourth-order valence-electron chi connectivity index (χ4n) is 10.5. The van der Waals surface area contributed by atoms with Gasteiger partial charge in [-0.2, -0.15) is 0 Å². The molecular weight excluding hydrogens is 392 g/mol. The standard InChI is InChI=1S/C30H50O2/c1-19(9-12-25-27(4,5)32-25)20-13-17-29(7)21(20)10-11-23-28(6)16-15-24(31)26(2,3)22(28)14-18-30(23,29)8/h20-25,31H,1,9-18H2,2-8H3/t20-,21-,22+,23+,24+,25+,28+,29-,30-/m1/s1. The van der Waals surface area contributed by atoms with Crippen LogP contribution in [0.5, 0.6) is 0 Å². The van der Waals surface area contributed by atoms with Crippen molar-refractivity contribution in [1.29, 1.82) is 0 Å². The molecule has 1 saturated heterocycles. The van der Waals surface area contributed by atoms with Gasteiger partial charge in [-0.15, -0.1) is 0 Å². The summed E-state index contributed by atoms with van der Waals surface area (Å²) in [6.45, 7) is 21.8. The van der Waals surface area contributed by atoms with Crippen LogP contribution in [0, 0.1) is 45.3 Å². The molecule has 0 amide bonds. The van der Waals surface area contributed by atoms with Crippen LogP contribution < -0.4 is 0 Å². The Balaban J connectivity index is 1.36. The molecule has 0 spiro atoms. The molecule has 5 rings (SSSR count). The molecule has 1 aliphatic heterocycles. The smallest absolute Gasteiger partial charge is 0.0892 e. The van der Waals surface area contributed by atoms with E-state index in [0.717, 1.165) is 37.0 Å². The van der Waals surface area contributed by atoms with E-state index in [-0.39, 0.29) is 17.1 Å². The maximum absolute atomic E-state index is 10.9. The molecule has 2 nitrogen and oxygen atoms in total. The molecule has 182 valence electrons. The summed E-state index contributed by atoms with van der Waals surface area (Å²) in [7, 11) is 0. The second-order valence-corrected chi connectivity index (χ2v) is 14.6. The normalized spacial score (nSPS) is 53.1. The second kappa shape index (κ2) is 7.09. The number of fused-ring (bicyclic) bond motifs is 5. The lowest BCUT2D eigenvalue weighted by molar-refractivity contribution is -0.220. The zero-order chi connectivity index (χ0) is 23.3. The maximum atomic E-state index is 10.9. The largest absolute Gasteiger partial charge is 0.393 e. The summed E-state index contributed by atoms with van der Waals surface area (Å²) in [6, 6.07) is 0. The molecule has 0 aromatic rings. The van der Waals surface area contributed by atoms with E-state index < -0.39 is 0 Å². The molecular formula is C30H50O2. The van der Waals surface area contributed by atoms with Crippen LogP contribution in [0.4, 0.5) is 0 Å². The van der Waals surface area contributed by atoms with Gasteiger partial charge >= 0.3 is 0 Å². The number of hydrogen-bond donors (Lipinski definition) is 1. The van der Waals surface area contributed by atoms with Crippen LogP contribution in [0.2, 0.25) is 0 Å². The summed E-state index contributed by atoms with van der Waals surface area (Å²) in [6.07, 6.45) is 13.0. The molecule has 0 unspecified atom stereocenters. The number of epoxide rings is 1. The summed E-state index contributed by atoms with van der Waals surface area (Å²) < 4.78 is 5.86. The van der Waals surface area contributed by atoms with Gasteiger partial charge < -0.3 is 9.84 Å². The minimum absolute atomic E-state index is 0.0528. The maximum Gasteiger partial charge on any atom is 0.0892 e. The molecule has 9 atom stereocenters. The van der Waals surface area contributed by atoms with Gasteiger partial charge in [0.15, 0.2) is 0 Å².